The summed E-state index contributed by atoms with van der Waals surface area (Å²) in [5, 5.41) is 3.14. The zero-order valence-electron chi connectivity index (χ0n) is 12.9. The number of nitrogens with zero attached hydrogens (tertiary/aromatic N) is 1. The lowest BCUT2D eigenvalue weighted by molar-refractivity contribution is 0.0917. The van der Waals surface area contributed by atoms with E-state index in [1.165, 1.54) is 10.6 Å². The second-order valence-electron chi connectivity index (χ2n) is 6.19. The number of hydrogen-bond acceptors (Lipinski definition) is 2. The van der Waals surface area contributed by atoms with Gasteiger partial charge in [0, 0.05) is 11.7 Å². The summed E-state index contributed by atoms with van der Waals surface area (Å²) in [6, 6.07) is 11.0. The van der Waals surface area contributed by atoms with E-state index in [0.717, 1.165) is 5.56 Å². The van der Waals surface area contributed by atoms with Crippen LogP contribution in [-0.2, 0) is 6.54 Å². The summed E-state index contributed by atoms with van der Waals surface area (Å²) in [6.07, 6.45) is 1.55. The van der Waals surface area contributed by atoms with Crippen LogP contribution in [0.4, 0.5) is 0 Å². The van der Waals surface area contributed by atoms with Crippen molar-refractivity contribution in [3.05, 3.63) is 69.1 Å². The van der Waals surface area contributed by atoms with Crippen LogP contribution in [0.2, 0.25) is 5.02 Å². The maximum Gasteiger partial charge on any atom is 0.263 e. The zero-order valence-corrected chi connectivity index (χ0v) is 13.6. The first kappa shape index (κ1) is 16.3. The molecular weight excluding hydrogens is 300 g/mol. The van der Waals surface area contributed by atoms with Crippen molar-refractivity contribution in [1.29, 1.82) is 0 Å². The molecule has 22 heavy (non-hydrogen) atoms. The quantitative estimate of drug-likeness (QED) is 0.945. The molecule has 0 bridgehead atoms. The standard InChI is InChI=1S/C17H19ClN2O2/c1-17(2,3)19-15(21)14-9-13(18)11-20(16(14)22)10-12-7-5-4-6-8-12/h4-9,11H,10H2,1-3H3,(H,19,21). The number of benzene rings is 1. The van der Waals surface area contributed by atoms with Gasteiger partial charge in [0.1, 0.15) is 5.56 Å². The van der Waals surface area contributed by atoms with Crippen molar-refractivity contribution in [1.82, 2.24) is 9.88 Å². The third-order valence-corrected chi connectivity index (χ3v) is 3.19. The Labute approximate surface area is 134 Å². The largest absolute Gasteiger partial charge is 0.347 e. The maximum atomic E-state index is 12.5. The number of carbonyl (C=O) groups is 1. The number of hydrogen-bond donors (Lipinski definition) is 1. The van der Waals surface area contributed by atoms with Crippen molar-refractivity contribution < 1.29 is 4.79 Å². The number of carbonyl (C=O) groups excluding carboxylic acids is 1. The molecule has 0 saturated heterocycles. The first-order chi connectivity index (χ1) is 10.3. The lowest BCUT2D eigenvalue weighted by atomic mass is 10.1. The summed E-state index contributed by atoms with van der Waals surface area (Å²) in [5.74, 6) is -0.415. The molecule has 0 radical (unpaired) electrons. The molecule has 1 aromatic carbocycles. The Balaban J connectivity index is 2.38. The lowest BCUT2D eigenvalue weighted by Crippen LogP contribution is -2.43. The number of rotatable bonds is 3. The molecule has 1 amide bonds. The fraction of sp³-hybridized carbons (Fsp3) is 0.294. The maximum absolute atomic E-state index is 12.5. The van der Waals surface area contributed by atoms with Gasteiger partial charge in [0.25, 0.3) is 11.5 Å². The van der Waals surface area contributed by atoms with Gasteiger partial charge in [0.15, 0.2) is 0 Å². The van der Waals surface area contributed by atoms with Crippen LogP contribution in [0.1, 0.15) is 36.7 Å². The van der Waals surface area contributed by atoms with E-state index in [1.54, 1.807) is 6.20 Å². The summed E-state index contributed by atoms with van der Waals surface area (Å²) < 4.78 is 1.45. The Bertz CT molecular complexity index is 731. The molecule has 2 aromatic rings. The molecule has 0 unspecified atom stereocenters. The van der Waals surface area contributed by atoms with Gasteiger partial charge in [-0.1, -0.05) is 41.9 Å². The Morgan fingerprint density at radius 2 is 1.86 bits per heavy atom. The number of nitrogens with one attached hydrogen (secondary N) is 1. The van der Waals surface area contributed by atoms with Crippen LogP contribution >= 0.6 is 11.6 Å². The molecule has 0 saturated carbocycles. The van der Waals surface area contributed by atoms with Crippen molar-refractivity contribution >= 4 is 17.5 Å². The van der Waals surface area contributed by atoms with Gasteiger partial charge >= 0.3 is 0 Å². The molecule has 116 valence electrons. The molecule has 0 aliphatic heterocycles. The Kier molecular flexibility index (Phi) is 4.71. The van der Waals surface area contributed by atoms with Gasteiger partial charge < -0.3 is 9.88 Å². The van der Waals surface area contributed by atoms with Gasteiger partial charge in [-0.25, -0.2) is 0 Å². The van der Waals surface area contributed by atoms with Gasteiger partial charge in [-0.2, -0.15) is 0 Å². The Hall–Kier alpha value is -2.07. The normalized spacial score (nSPS) is 11.3. The highest BCUT2D eigenvalue weighted by atomic mass is 35.5. The Morgan fingerprint density at radius 3 is 2.45 bits per heavy atom. The molecule has 0 aliphatic carbocycles. The van der Waals surface area contributed by atoms with Crippen LogP contribution in [0, 0.1) is 0 Å². The lowest BCUT2D eigenvalue weighted by Gasteiger charge is -2.20. The fourth-order valence-corrected chi connectivity index (χ4v) is 2.29. The van der Waals surface area contributed by atoms with Crippen molar-refractivity contribution in [3.8, 4) is 0 Å². The minimum absolute atomic E-state index is 0.0540. The molecule has 1 aromatic heterocycles. The van der Waals surface area contributed by atoms with E-state index in [9.17, 15) is 9.59 Å². The number of pyridine rings is 1. The minimum atomic E-state index is -0.421. The second kappa shape index (κ2) is 6.36. The van der Waals surface area contributed by atoms with Gasteiger partial charge in [-0.3, -0.25) is 9.59 Å². The highest BCUT2D eigenvalue weighted by Gasteiger charge is 2.19. The molecule has 1 heterocycles. The predicted octanol–water partition coefficient (Wildman–Crippen LogP) is 3.08. The topological polar surface area (TPSA) is 51.1 Å². The minimum Gasteiger partial charge on any atom is -0.347 e. The van der Waals surface area contributed by atoms with E-state index >= 15 is 0 Å². The van der Waals surface area contributed by atoms with E-state index in [1.807, 2.05) is 51.1 Å². The van der Waals surface area contributed by atoms with Gasteiger partial charge in [-0.05, 0) is 32.4 Å². The van der Waals surface area contributed by atoms with E-state index in [0.29, 0.717) is 11.6 Å². The summed E-state index contributed by atoms with van der Waals surface area (Å²) in [5.41, 5.74) is 0.248. The van der Waals surface area contributed by atoms with Gasteiger partial charge in [0.2, 0.25) is 0 Å². The van der Waals surface area contributed by atoms with Crippen molar-refractivity contribution in [2.24, 2.45) is 0 Å². The van der Waals surface area contributed by atoms with E-state index < -0.39 is 11.4 Å². The predicted molar refractivity (Wildman–Crippen MR) is 88.5 cm³/mol. The highest BCUT2D eigenvalue weighted by Crippen LogP contribution is 2.11. The monoisotopic (exact) mass is 318 g/mol. The average Bonchev–Trinajstić information content (AvgIpc) is 2.41. The summed E-state index contributed by atoms with van der Waals surface area (Å²) in [7, 11) is 0. The number of halogens is 1. The summed E-state index contributed by atoms with van der Waals surface area (Å²) in [4.78, 5) is 24.8. The first-order valence-electron chi connectivity index (χ1n) is 7.03. The zero-order chi connectivity index (χ0) is 16.3. The van der Waals surface area contributed by atoms with Gasteiger partial charge in [-0.15, -0.1) is 0 Å². The van der Waals surface area contributed by atoms with Gasteiger partial charge in [0.05, 0.1) is 11.6 Å². The number of amides is 1. The fourth-order valence-electron chi connectivity index (χ4n) is 2.07. The number of aromatic nitrogens is 1. The van der Waals surface area contributed by atoms with Crippen LogP contribution in [0.25, 0.3) is 0 Å². The molecule has 5 heteroatoms. The molecule has 0 atom stereocenters. The van der Waals surface area contributed by atoms with Crippen LogP contribution in [-0.4, -0.2) is 16.0 Å². The summed E-state index contributed by atoms with van der Waals surface area (Å²) in [6.45, 7) is 5.95. The van der Waals surface area contributed by atoms with E-state index in [4.69, 9.17) is 11.6 Å². The molecule has 0 spiro atoms. The van der Waals surface area contributed by atoms with Crippen molar-refractivity contribution in [2.45, 2.75) is 32.9 Å². The second-order valence-corrected chi connectivity index (χ2v) is 6.63. The smallest absolute Gasteiger partial charge is 0.263 e. The van der Waals surface area contributed by atoms with E-state index in [-0.39, 0.29) is 11.1 Å². The molecule has 0 fully saturated rings. The molecule has 1 N–H and O–H groups in total. The average molecular weight is 319 g/mol. The third-order valence-electron chi connectivity index (χ3n) is 2.98. The SMILES string of the molecule is CC(C)(C)NC(=O)c1cc(Cl)cn(Cc2ccccc2)c1=O. The highest BCUT2D eigenvalue weighted by molar-refractivity contribution is 6.30. The Morgan fingerprint density at radius 1 is 1.23 bits per heavy atom. The van der Waals surface area contributed by atoms with Crippen LogP contribution in [0.3, 0.4) is 0 Å². The van der Waals surface area contributed by atoms with Crippen molar-refractivity contribution in [2.75, 3.05) is 0 Å². The van der Waals surface area contributed by atoms with Crippen LogP contribution < -0.4 is 10.9 Å². The molecule has 4 nitrogen and oxygen atoms in total. The van der Waals surface area contributed by atoms with Crippen LogP contribution in [0.15, 0.2) is 47.4 Å². The van der Waals surface area contributed by atoms with Crippen molar-refractivity contribution in [3.63, 3.8) is 0 Å². The van der Waals surface area contributed by atoms with E-state index in [2.05, 4.69) is 5.32 Å². The molecule has 2 rings (SSSR count). The summed E-state index contributed by atoms with van der Waals surface area (Å²) >= 11 is 6.06. The molecule has 0 aliphatic rings. The molecular formula is C17H19ClN2O2. The third kappa shape index (κ3) is 4.21. The first-order valence-corrected chi connectivity index (χ1v) is 7.40. The van der Waals surface area contributed by atoms with Crippen LogP contribution in [0.5, 0.6) is 0 Å².